The molecule has 0 aliphatic carbocycles. The van der Waals surface area contributed by atoms with E-state index in [1.165, 1.54) is 0 Å². The van der Waals surface area contributed by atoms with Gasteiger partial charge in [-0.2, -0.15) is 0 Å². The third-order valence-electron chi connectivity index (χ3n) is 2.64. The molecule has 6 heteroatoms. The van der Waals surface area contributed by atoms with Gasteiger partial charge in [-0.05, 0) is 38.5 Å². The number of carbonyl (C=O) groups excluding carboxylic acids is 2. The summed E-state index contributed by atoms with van der Waals surface area (Å²) < 4.78 is 5.81. The fourth-order valence-corrected chi connectivity index (χ4v) is 2.10. The topological polar surface area (TPSA) is 81.4 Å². The van der Waals surface area contributed by atoms with E-state index in [2.05, 4.69) is 21.2 Å². The number of benzene rings is 1. The van der Waals surface area contributed by atoms with Crippen LogP contribution in [0.25, 0.3) is 0 Å². The number of amides is 1. The first-order chi connectivity index (χ1) is 9.31. The molecule has 20 heavy (non-hydrogen) atoms. The van der Waals surface area contributed by atoms with E-state index < -0.39 is 5.97 Å². The molecule has 0 bridgehead atoms. The number of nitrogen functional groups attached to an aromatic ring is 1. The minimum atomic E-state index is -0.479. The summed E-state index contributed by atoms with van der Waals surface area (Å²) in [5.41, 5.74) is 7.38. The molecule has 0 fully saturated rings. The number of rotatable bonds is 5. The zero-order valence-corrected chi connectivity index (χ0v) is 13.4. The maximum Gasteiger partial charge on any atom is 0.338 e. The summed E-state index contributed by atoms with van der Waals surface area (Å²) in [4.78, 5) is 23.4. The van der Waals surface area contributed by atoms with Gasteiger partial charge < -0.3 is 15.8 Å². The molecule has 1 rings (SSSR count). The second kappa shape index (κ2) is 7.28. The fraction of sp³-hybridized carbons (Fsp3) is 0.429. The normalized spacial score (nSPS) is 10.4. The van der Waals surface area contributed by atoms with Crippen molar-refractivity contribution < 1.29 is 14.3 Å². The van der Waals surface area contributed by atoms with Crippen LogP contribution in [0.15, 0.2) is 16.6 Å². The molecular formula is C14H19BrN2O3. The Bertz CT molecular complexity index is 515. The summed E-state index contributed by atoms with van der Waals surface area (Å²) in [5.74, 6) is -0.619. The number of halogens is 1. The zero-order valence-electron chi connectivity index (χ0n) is 11.8. The maximum atomic E-state index is 11.9. The first kappa shape index (κ1) is 16.5. The fourth-order valence-electron chi connectivity index (χ4n) is 1.62. The van der Waals surface area contributed by atoms with E-state index in [1.54, 1.807) is 19.1 Å². The predicted molar refractivity (Wildman–Crippen MR) is 81.5 cm³/mol. The van der Waals surface area contributed by atoms with Gasteiger partial charge in [0.05, 0.1) is 12.0 Å². The van der Waals surface area contributed by atoms with Gasteiger partial charge in [-0.3, -0.25) is 4.79 Å². The van der Waals surface area contributed by atoms with Gasteiger partial charge in [0.25, 0.3) is 0 Å². The minimum Gasteiger partial charge on any atom is -0.462 e. The predicted octanol–water partition coefficient (Wildman–Crippen LogP) is 2.41. The minimum absolute atomic E-state index is 0.0449. The van der Waals surface area contributed by atoms with Crippen LogP contribution in [0.4, 0.5) is 5.69 Å². The summed E-state index contributed by atoms with van der Waals surface area (Å²) in [6.45, 7) is 5.54. The average Bonchev–Trinajstić information content (AvgIpc) is 2.32. The van der Waals surface area contributed by atoms with Gasteiger partial charge >= 0.3 is 5.97 Å². The van der Waals surface area contributed by atoms with Crippen LogP contribution in [-0.2, 0) is 9.53 Å². The van der Waals surface area contributed by atoms with Crippen LogP contribution in [0, 0.1) is 6.92 Å². The van der Waals surface area contributed by atoms with Crippen LogP contribution in [0.1, 0.15) is 36.2 Å². The molecule has 0 radical (unpaired) electrons. The van der Waals surface area contributed by atoms with Crippen LogP contribution < -0.4 is 11.1 Å². The molecule has 1 aromatic rings. The lowest BCUT2D eigenvalue weighted by molar-refractivity contribution is -0.122. The van der Waals surface area contributed by atoms with E-state index in [-0.39, 0.29) is 25.0 Å². The summed E-state index contributed by atoms with van der Waals surface area (Å²) in [6.07, 6.45) is 0.145. The lowest BCUT2D eigenvalue weighted by Crippen LogP contribution is -2.31. The van der Waals surface area contributed by atoms with Crippen LogP contribution in [-0.4, -0.2) is 24.5 Å². The third-order valence-corrected chi connectivity index (χ3v) is 3.10. The van der Waals surface area contributed by atoms with Crippen molar-refractivity contribution >= 4 is 33.5 Å². The number of nitrogens with one attached hydrogen (secondary N) is 1. The smallest absolute Gasteiger partial charge is 0.338 e. The number of carbonyl (C=O) groups is 2. The molecule has 1 aromatic carbocycles. The summed E-state index contributed by atoms with van der Waals surface area (Å²) >= 11 is 3.28. The Morgan fingerprint density at radius 2 is 2.05 bits per heavy atom. The summed E-state index contributed by atoms with van der Waals surface area (Å²) in [6, 6.07) is 3.45. The van der Waals surface area contributed by atoms with Gasteiger partial charge in [0.15, 0.2) is 0 Å². The van der Waals surface area contributed by atoms with E-state index in [0.717, 1.165) is 0 Å². The van der Waals surface area contributed by atoms with Crippen molar-refractivity contribution in [1.29, 1.82) is 0 Å². The molecule has 1 amide bonds. The molecule has 0 unspecified atom stereocenters. The van der Waals surface area contributed by atoms with Gasteiger partial charge in [-0.1, -0.05) is 15.9 Å². The maximum absolute atomic E-state index is 11.9. The van der Waals surface area contributed by atoms with E-state index >= 15 is 0 Å². The highest BCUT2D eigenvalue weighted by molar-refractivity contribution is 9.10. The number of anilines is 1. The van der Waals surface area contributed by atoms with Crippen molar-refractivity contribution in [2.75, 3.05) is 12.3 Å². The van der Waals surface area contributed by atoms with Crippen LogP contribution in [0.3, 0.4) is 0 Å². The first-order valence-corrected chi connectivity index (χ1v) is 7.12. The highest BCUT2D eigenvalue weighted by atomic mass is 79.9. The molecule has 110 valence electrons. The molecule has 0 aliphatic heterocycles. The van der Waals surface area contributed by atoms with Gasteiger partial charge in [-0.25, -0.2) is 4.79 Å². The van der Waals surface area contributed by atoms with E-state index in [4.69, 9.17) is 10.5 Å². The van der Waals surface area contributed by atoms with E-state index in [1.807, 2.05) is 13.8 Å². The highest BCUT2D eigenvalue weighted by Crippen LogP contribution is 2.23. The number of hydrogen-bond acceptors (Lipinski definition) is 4. The van der Waals surface area contributed by atoms with E-state index in [0.29, 0.717) is 21.3 Å². The number of ether oxygens (including phenoxy) is 1. The second-order valence-electron chi connectivity index (χ2n) is 4.78. The molecule has 5 nitrogen and oxygen atoms in total. The van der Waals surface area contributed by atoms with Crippen molar-refractivity contribution in [3.63, 3.8) is 0 Å². The Morgan fingerprint density at radius 3 is 2.65 bits per heavy atom. The molecule has 0 saturated heterocycles. The largest absolute Gasteiger partial charge is 0.462 e. The second-order valence-corrected chi connectivity index (χ2v) is 5.69. The van der Waals surface area contributed by atoms with Crippen molar-refractivity contribution in [3.8, 4) is 0 Å². The Labute approximate surface area is 127 Å². The zero-order chi connectivity index (χ0) is 15.3. The van der Waals surface area contributed by atoms with Crippen molar-refractivity contribution in [1.82, 2.24) is 5.32 Å². The Kier molecular flexibility index (Phi) is 6.01. The monoisotopic (exact) mass is 342 g/mol. The van der Waals surface area contributed by atoms with Gasteiger partial charge in [-0.15, -0.1) is 0 Å². The highest BCUT2D eigenvalue weighted by Gasteiger charge is 2.14. The quantitative estimate of drug-likeness (QED) is 0.635. The molecule has 0 atom stereocenters. The Balaban J connectivity index is 2.58. The lowest BCUT2D eigenvalue weighted by atomic mass is 10.1. The van der Waals surface area contributed by atoms with Crippen LogP contribution in [0.2, 0.25) is 0 Å². The van der Waals surface area contributed by atoms with E-state index in [9.17, 15) is 9.59 Å². The Morgan fingerprint density at radius 1 is 1.40 bits per heavy atom. The van der Waals surface area contributed by atoms with Crippen LogP contribution in [0.5, 0.6) is 0 Å². The molecular weight excluding hydrogens is 324 g/mol. The van der Waals surface area contributed by atoms with Crippen molar-refractivity contribution in [3.05, 3.63) is 27.7 Å². The van der Waals surface area contributed by atoms with Crippen molar-refractivity contribution in [2.45, 2.75) is 33.2 Å². The van der Waals surface area contributed by atoms with Gasteiger partial charge in [0, 0.05) is 16.2 Å². The summed E-state index contributed by atoms with van der Waals surface area (Å²) in [5, 5.41) is 2.73. The van der Waals surface area contributed by atoms with Gasteiger partial charge in [0.2, 0.25) is 5.91 Å². The van der Waals surface area contributed by atoms with Gasteiger partial charge in [0.1, 0.15) is 6.61 Å². The number of nitrogens with two attached hydrogens (primary N) is 1. The van der Waals surface area contributed by atoms with Crippen LogP contribution >= 0.6 is 15.9 Å². The molecule has 0 heterocycles. The van der Waals surface area contributed by atoms with Crippen molar-refractivity contribution in [2.24, 2.45) is 0 Å². The average molecular weight is 343 g/mol. The standard InChI is InChI=1S/C14H19BrN2O3/c1-8(2)17-13(18)4-5-20-14(19)11-6-10(15)7-12(16)9(11)3/h6-8H,4-5,16H2,1-3H3,(H,17,18). The molecule has 0 saturated carbocycles. The SMILES string of the molecule is Cc1c(N)cc(Br)cc1C(=O)OCCC(=O)NC(C)C. The third kappa shape index (κ3) is 4.85. The lowest BCUT2D eigenvalue weighted by Gasteiger charge is -2.11. The molecule has 0 aliphatic rings. The molecule has 0 aromatic heterocycles. The molecule has 0 spiro atoms. The number of hydrogen-bond donors (Lipinski definition) is 2. The first-order valence-electron chi connectivity index (χ1n) is 6.33. The Hall–Kier alpha value is -1.56. The number of esters is 1. The summed E-state index contributed by atoms with van der Waals surface area (Å²) in [7, 11) is 0. The molecule has 3 N–H and O–H groups in total.